The maximum atomic E-state index is 13.2. The number of nitrogens with zero attached hydrogens (tertiary/aromatic N) is 5. The van der Waals surface area contributed by atoms with Crippen LogP contribution in [-0.2, 0) is 20.5 Å². The quantitative estimate of drug-likeness (QED) is 0.555. The first-order valence-electron chi connectivity index (χ1n) is 10.0. The van der Waals surface area contributed by atoms with Gasteiger partial charge in [-0.3, -0.25) is 14.2 Å². The van der Waals surface area contributed by atoms with Crippen molar-refractivity contribution in [3.05, 3.63) is 65.2 Å². The molecule has 1 atom stereocenters. The fourth-order valence-corrected chi connectivity index (χ4v) is 3.84. The van der Waals surface area contributed by atoms with Crippen LogP contribution in [-0.4, -0.2) is 36.5 Å². The average Bonchev–Trinajstić information content (AvgIpc) is 3.25. The van der Waals surface area contributed by atoms with Gasteiger partial charge in [-0.15, -0.1) is 0 Å². The monoisotopic (exact) mass is 402 g/mol. The number of carbonyl (C=O) groups excluding carboxylic acids is 1. The van der Waals surface area contributed by atoms with Gasteiger partial charge >= 0.3 is 0 Å². The Morgan fingerprint density at radius 1 is 1.20 bits per heavy atom. The van der Waals surface area contributed by atoms with Crippen molar-refractivity contribution >= 4 is 16.8 Å². The summed E-state index contributed by atoms with van der Waals surface area (Å²) in [6, 6.07) is 9.54. The number of fused-ring (bicyclic) bond motifs is 1. The Hall–Kier alpha value is -3.48. The highest BCUT2D eigenvalue weighted by molar-refractivity contribution is 6.07. The highest BCUT2D eigenvalue weighted by atomic mass is 16.1. The molecule has 1 amide bonds. The van der Waals surface area contributed by atoms with E-state index in [1.54, 1.807) is 10.9 Å². The summed E-state index contributed by atoms with van der Waals surface area (Å²) in [5.41, 5.74) is 6.33. The molecule has 1 N–H and O–H groups in total. The topological polar surface area (TPSA) is 77.6 Å². The molecule has 0 unspecified atom stereocenters. The van der Waals surface area contributed by atoms with Gasteiger partial charge in [0.05, 0.1) is 28.7 Å². The van der Waals surface area contributed by atoms with Crippen LogP contribution in [0.15, 0.2) is 42.7 Å². The smallest absolute Gasteiger partial charge is 0.252 e. The molecule has 4 rings (SSSR count). The number of nitrogens with one attached hydrogen (secondary N) is 1. The summed E-state index contributed by atoms with van der Waals surface area (Å²) in [7, 11) is 3.81. The number of hydrogen-bond acceptors (Lipinski definition) is 4. The van der Waals surface area contributed by atoms with Gasteiger partial charge in [0.1, 0.15) is 0 Å². The molecule has 0 saturated heterocycles. The molecular weight excluding hydrogens is 376 g/mol. The van der Waals surface area contributed by atoms with Crippen molar-refractivity contribution < 1.29 is 4.79 Å². The summed E-state index contributed by atoms with van der Waals surface area (Å²) in [6.45, 7) is 6.09. The van der Waals surface area contributed by atoms with Gasteiger partial charge in [0.25, 0.3) is 5.91 Å². The van der Waals surface area contributed by atoms with Crippen LogP contribution in [0, 0.1) is 13.8 Å². The van der Waals surface area contributed by atoms with Crippen LogP contribution in [0.25, 0.3) is 22.2 Å². The van der Waals surface area contributed by atoms with Crippen molar-refractivity contribution in [2.75, 3.05) is 0 Å². The summed E-state index contributed by atoms with van der Waals surface area (Å²) < 4.78 is 3.61. The molecule has 7 nitrogen and oxygen atoms in total. The van der Waals surface area contributed by atoms with Crippen LogP contribution in [0.3, 0.4) is 0 Å². The lowest BCUT2D eigenvalue weighted by molar-refractivity contribution is 0.0941. The van der Waals surface area contributed by atoms with E-state index in [0.29, 0.717) is 5.56 Å². The molecule has 3 heterocycles. The van der Waals surface area contributed by atoms with Gasteiger partial charge in [-0.05, 0) is 44.9 Å². The second-order valence-electron chi connectivity index (χ2n) is 7.83. The van der Waals surface area contributed by atoms with E-state index in [4.69, 9.17) is 4.98 Å². The maximum Gasteiger partial charge on any atom is 0.252 e. The van der Waals surface area contributed by atoms with E-state index in [1.807, 2.05) is 69.2 Å². The second-order valence-corrected chi connectivity index (χ2v) is 7.83. The zero-order chi connectivity index (χ0) is 21.4. The summed E-state index contributed by atoms with van der Waals surface area (Å²) in [5, 5.41) is 12.7. The number of rotatable bonds is 5. The van der Waals surface area contributed by atoms with Crippen molar-refractivity contribution in [1.82, 2.24) is 29.9 Å². The van der Waals surface area contributed by atoms with Gasteiger partial charge in [-0.2, -0.15) is 10.2 Å². The predicted octanol–water partition coefficient (Wildman–Crippen LogP) is 3.35. The highest BCUT2D eigenvalue weighted by Crippen LogP contribution is 2.25. The minimum absolute atomic E-state index is 0.0344. The number of amides is 1. The number of aromatic nitrogens is 5. The summed E-state index contributed by atoms with van der Waals surface area (Å²) in [4.78, 5) is 18.0. The third-order valence-electron chi connectivity index (χ3n) is 5.51. The lowest BCUT2D eigenvalue weighted by Crippen LogP contribution is -2.34. The maximum absolute atomic E-state index is 13.2. The number of aryl methyl sites for hydroxylation is 3. The number of benzene rings is 1. The molecule has 0 aliphatic carbocycles. The van der Waals surface area contributed by atoms with E-state index in [0.717, 1.165) is 40.0 Å². The molecule has 0 saturated carbocycles. The fourth-order valence-electron chi connectivity index (χ4n) is 3.84. The average molecular weight is 403 g/mol. The van der Waals surface area contributed by atoms with Crippen LogP contribution < -0.4 is 5.32 Å². The number of carbonyl (C=O) groups is 1. The van der Waals surface area contributed by atoms with Gasteiger partial charge in [-0.25, -0.2) is 4.98 Å². The molecule has 0 radical (unpaired) electrons. The second kappa shape index (κ2) is 7.74. The normalized spacial score (nSPS) is 12.3. The molecule has 1 aromatic carbocycles. The van der Waals surface area contributed by atoms with E-state index in [2.05, 4.69) is 22.4 Å². The van der Waals surface area contributed by atoms with Gasteiger partial charge < -0.3 is 5.32 Å². The zero-order valence-corrected chi connectivity index (χ0v) is 18.0. The van der Waals surface area contributed by atoms with Crippen molar-refractivity contribution in [2.24, 2.45) is 14.1 Å². The minimum Gasteiger partial charge on any atom is -0.349 e. The van der Waals surface area contributed by atoms with Crippen molar-refractivity contribution in [3.63, 3.8) is 0 Å². The predicted molar refractivity (Wildman–Crippen MR) is 117 cm³/mol. The number of pyridine rings is 1. The summed E-state index contributed by atoms with van der Waals surface area (Å²) >= 11 is 0. The molecule has 30 heavy (non-hydrogen) atoms. The Morgan fingerprint density at radius 2 is 1.97 bits per heavy atom. The van der Waals surface area contributed by atoms with Crippen molar-refractivity contribution in [3.8, 4) is 11.3 Å². The standard InChI is InChI=1S/C23H26N6O/c1-14(10-19-15(2)27-29(5)16(19)3)25-23(30)20-11-22(17-12-24-28(4)13-17)26-21-9-7-6-8-18(20)21/h6-9,11-14H,10H2,1-5H3,(H,25,30)/t14-/m0/s1. The Bertz CT molecular complexity index is 1240. The van der Waals surface area contributed by atoms with E-state index in [1.165, 1.54) is 5.56 Å². The molecule has 0 spiro atoms. The lowest BCUT2D eigenvalue weighted by Gasteiger charge is -2.16. The van der Waals surface area contributed by atoms with E-state index in [9.17, 15) is 4.79 Å². The molecule has 4 aromatic rings. The van der Waals surface area contributed by atoms with Crippen LogP contribution in [0.1, 0.15) is 34.2 Å². The summed E-state index contributed by atoms with van der Waals surface area (Å²) in [5.74, 6) is -0.106. The van der Waals surface area contributed by atoms with Crippen LogP contribution in [0.5, 0.6) is 0 Å². The first-order chi connectivity index (χ1) is 14.3. The van der Waals surface area contributed by atoms with Crippen LogP contribution in [0.4, 0.5) is 0 Å². The molecule has 3 aromatic heterocycles. The molecule has 0 fully saturated rings. The van der Waals surface area contributed by atoms with Gasteiger partial charge in [0, 0.05) is 43.0 Å². The molecule has 7 heteroatoms. The van der Waals surface area contributed by atoms with Gasteiger partial charge in [0.15, 0.2) is 0 Å². The van der Waals surface area contributed by atoms with E-state index >= 15 is 0 Å². The molecule has 0 bridgehead atoms. The third-order valence-corrected chi connectivity index (χ3v) is 5.51. The van der Waals surface area contributed by atoms with Gasteiger partial charge in [0.2, 0.25) is 0 Å². The molecule has 0 aliphatic heterocycles. The number of hydrogen-bond donors (Lipinski definition) is 1. The Labute approximate surface area is 175 Å². The molecule has 0 aliphatic rings. The summed E-state index contributed by atoms with van der Waals surface area (Å²) in [6.07, 6.45) is 4.39. The Kier molecular flexibility index (Phi) is 5.11. The molecular formula is C23H26N6O. The minimum atomic E-state index is -0.106. The first-order valence-corrected chi connectivity index (χ1v) is 10.0. The third kappa shape index (κ3) is 3.70. The van der Waals surface area contributed by atoms with E-state index in [-0.39, 0.29) is 11.9 Å². The zero-order valence-electron chi connectivity index (χ0n) is 18.0. The van der Waals surface area contributed by atoms with Crippen LogP contribution in [0.2, 0.25) is 0 Å². The lowest BCUT2D eigenvalue weighted by atomic mass is 10.0. The fraction of sp³-hybridized carbons (Fsp3) is 0.304. The number of para-hydroxylation sites is 1. The van der Waals surface area contributed by atoms with Crippen molar-refractivity contribution in [2.45, 2.75) is 33.2 Å². The van der Waals surface area contributed by atoms with Crippen molar-refractivity contribution in [1.29, 1.82) is 0 Å². The van der Waals surface area contributed by atoms with Gasteiger partial charge in [-0.1, -0.05) is 18.2 Å². The van der Waals surface area contributed by atoms with E-state index < -0.39 is 0 Å². The Balaban J connectivity index is 1.65. The highest BCUT2D eigenvalue weighted by Gasteiger charge is 2.18. The SMILES string of the molecule is Cc1nn(C)c(C)c1C[C@H](C)NC(=O)c1cc(-c2cnn(C)c2)nc2ccccc12. The Morgan fingerprint density at radius 3 is 2.63 bits per heavy atom. The molecule has 154 valence electrons. The first kappa shape index (κ1) is 19.8. The largest absolute Gasteiger partial charge is 0.349 e. The van der Waals surface area contributed by atoms with Crippen LogP contribution >= 0.6 is 0 Å².